The summed E-state index contributed by atoms with van der Waals surface area (Å²) in [6, 6.07) is 71.1. The maximum absolute atomic E-state index is 2.77. The van der Waals surface area contributed by atoms with Gasteiger partial charge in [-0.3, -0.25) is 0 Å². The zero-order valence-electron chi connectivity index (χ0n) is 29.6. The van der Waals surface area contributed by atoms with Gasteiger partial charge >= 0.3 is 0 Å². The van der Waals surface area contributed by atoms with Crippen molar-refractivity contribution in [1.29, 1.82) is 0 Å². The van der Waals surface area contributed by atoms with Crippen LogP contribution in [-0.2, 0) is 5.41 Å². The van der Waals surface area contributed by atoms with E-state index in [-0.39, 0.29) is 0 Å². The minimum absolute atomic E-state index is 0.393. The number of fused-ring (bicyclic) bond motifs is 10. The van der Waals surface area contributed by atoms with Crippen molar-refractivity contribution in [3.05, 3.63) is 228 Å². The fourth-order valence-corrected chi connectivity index (χ4v) is 14.4. The average molecular weight is 715 g/mol. The molecule has 0 radical (unpaired) electrons. The summed E-state index contributed by atoms with van der Waals surface area (Å²) >= 11 is 0. The second-order valence-corrected chi connectivity index (χ2v) is 19.0. The molecule has 3 aliphatic carbocycles. The summed E-state index contributed by atoms with van der Waals surface area (Å²) in [4.78, 5) is 0. The van der Waals surface area contributed by atoms with E-state index in [0.717, 1.165) is 12.8 Å². The fourth-order valence-electron chi connectivity index (χ4n) is 9.32. The van der Waals surface area contributed by atoms with Crippen LogP contribution in [0.3, 0.4) is 0 Å². The molecular formula is C51H40P2. The number of hydrogen-bond acceptors (Lipinski definition) is 0. The maximum Gasteiger partial charge on any atom is 0.0722 e. The fraction of sp³-hybridized carbons (Fsp3) is 0.0980. The predicted molar refractivity (Wildman–Crippen MR) is 230 cm³/mol. The van der Waals surface area contributed by atoms with Crippen molar-refractivity contribution < 1.29 is 0 Å². The lowest BCUT2D eigenvalue weighted by Crippen LogP contribution is -2.29. The molecule has 2 heteroatoms. The standard InChI is InChI=1S/C51H40P2/c1-5-19-37(20-6-1)52(38-21-7-2-8-22-38)41-27-13-14-30-45-46-34-33-42(53(39-23-9-3-10-24-39)40-25-11-4-12-26-40)36-50(46)51(49(45)35-41)47-31-17-15-28-43(47)44-29-16-18-32-48(44)51/h1-12,15-26,28-36,41H,13-14,27H2/b45-30-,49-35+. The Hall–Kier alpha value is -5.12. The number of benzene rings is 7. The van der Waals surface area contributed by atoms with E-state index in [4.69, 9.17) is 0 Å². The van der Waals surface area contributed by atoms with Gasteiger partial charge in [0.2, 0.25) is 0 Å². The Morgan fingerprint density at radius 3 is 1.47 bits per heavy atom. The molecule has 0 saturated carbocycles. The first-order valence-electron chi connectivity index (χ1n) is 18.9. The molecule has 0 saturated heterocycles. The molecule has 53 heavy (non-hydrogen) atoms. The van der Waals surface area contributed by atoms with E-state index >= 15 is 0 Å². The van der Waals surface area contributed by atoms with E-state index < -0.39 is 21.3 Å². The first-order chi connectivity index (χ1) is 26.3. The van der Waals surface area contributed by atoms with Gasteiger partial charge < -0.3 is 0 Å². The summed E-state index contributed by atoms with van der Waals surface area (Å²) in [7, 11) is -1.41. The van der Waals surface area contributed by atoms with Crippen LogP contribution in [0.5, 0.6) is 0 Å². The molecule has 1 unspecified atom stereocenters. The lowest BCUT2D eigenvalue weighted by atomic mass is 9.70. The van der Waals surface area contributed by atoms with Crippen molar-refractivity contribution >= 4 is 47.9 Å². The van der Waals surface area contributed by atoms with E-state index in [1.54, 1.807) is 0 Å². The average Bonchev–Trinajstić information content (AvgIpc) is 3.66. The first-order valence-corrected chi connectivity index (χ1v) is 21.6. The highest BCUT2D eigenvalue weighted by Gasteiger charge is 2.54. The third kappa shape index (κ3) is 5.35. The summed E-state index contributed by atoms with van der Waals surface area (Å²) in [5.74, 6) is 0. The Labute approximate surface area is 316 Å². The van der Waals surface area contributed by atoms with Crippen molar-refractivity contribution in [3.8, 4) is 11.1 Å². The van der Waals surface area contributed by atoms with Gasteiger partial charge in [-0.05, 0) is 112 Å². The molecule has 0 amide bonds. The molecule has 254 valence electrons. The topological polar surface area (TPSA) is 0 Å². The smallest absolute Gasteiger partial charge is 0.0722 e. The molecular weight excluding hydrogens is 675 g/mol. The molecule has 7 aromatic rings. The van der Waals surface area contributed by atoms with Gasteiger partial charge in [-0.1, -0.05) is 194 Å². The number of rotatable bonds is 6. The van der Waals surface area contributed by atoms with Crippen LogP contribution in [0.25, 0.3) is 16.7 Å². The highest BCUT2D eigenvalue weighted by Crippen LogP contribution is 2.65. The molecule has 0 fully saturated rings. The SMILES string of the molecule is C1=C2\C(=C/C(P(c3ccccc3)c3ccccc3)CCC/1)C1(c3cc(P(c4ccccc4)c4ccccc4)ccc32)c2ccccc2-c2ccccc21. The summed E-state index contributed by atoms with van der Waals surface area (Å²) in [6.45, 7) is 0. The highest BCUT2D eigenvalue weighted by atomic mass is 31.1. The summed E-state index contributed by atoms with van der Waals surface area (Å²) < 4.78 is 0. The van der Waals surface area contributed by atoms with Gasteiger partial charge in [0.25, 0.3) is 0 Å². The number of hydrogen-bond donors (Lipinski definition) is 0. The van der Waals surface area contributed by atoms with E-state index in [2.05, 4.69) is 200 Å². The Balaban J connectivity index is 1.26. The Morgan fingerprint density at radius 1 is 0.434 bits per heavy atom. The lowest BCUT2D eigenvalue weighted by molar-refractivity contribution is 0.741. The third-order valence-electron chi connectivity index (χ3n) is 11.4. The summed E-state index contributed by atoms with van der Waals surface area (Å²) in [5.41, 5.74) is 11.3. The van der Waals surface area contributed by atoms with Gasteiger partial charge in [-0.2, -0.15) is 0 Å². The van der Waals surface area contributed by atoms with E-state index in [1.807, 2.05) is 0 Å². The maximum atomic E-state index is 2.77. The highest BCUT2D eigenvalue weighted by molar-refractivity contribution is 7.79. The molecule has 10 rings (SSSR count). The molecule has 0 bridgehead atoms. The predicted octanol–water partition coefficient (Wildman–Crippen LogP) is 10.8. The first kappa shape index (κ1) is 32.5. The molecule has 1 spiro atoms. The van der Waals surface area contributed by atoms with Gasteiger partial charge in [-0.15, -0.1) is 0 Å². The Bertz CT molecular complexity index is 2360. The van der Waals surface area contributed by atoms with Gasteiger partial charge in [0.15, 0.2) is 0 Å². The zero-order valence-corrected chi connectivity index (χ0v) is 31.4. The van der Waals surface area contributed by atoms with Crippen LogP contribution in [-0.4, -0.2) is 5.66 Å². The van der Waals surface area contributed by atoms with Crippen LogP contribution in [0.2, 0.25) is 0 Å². The Kier molecular flexibility index (Phi) is 8.41. The van der Waals surface area contributed by atoms with Gasteiger partial charge in [0.05, 0.1) is 5.41 Å². The molecule has 0 aliphatic heterocycles. The molecule has 0 heterocycles. The van der Waals surface area contributed by atoms with Crippen LogP contribution in [0.4, 0.5) is 0 Å². The second-order valence-electron chi connectivity index (χ2n) is 14.3. The molecule has 0 nitrogen and oxygen atoms in total. The minimum atomic E-state index is -0.766. The Morgan fingerprint density at radius 2 is 0.925 bits per heavy atom. The van der Waals surface area contributed by atoms with Crippen LogP contribution in [0, 0.1) is 0 Å². The third-order valence-corrected chi connectivity index (χ3v) is 16.6. The molecule has 3 aliphatic rings. The number of allylic oxidation sites excluding steroid dienone is 4. The van der Waals surface area contributed by atoms with Gasteiger partial charge in [0, 0.05) is 5.66 Å². The van der Waals surface area contributed by atoms with E-state index in [0.29, 0.717) is 5.66 Å². The quantitative estimate of drug-likeness (QED) is 0.151. The minimum Gasteiger partial charge on any atom is -0.0763 e. The van der Waals surface area contributed by atoms with Crippen LogP contribution >= 0.6 is 15.8 Å². The van der Waals surface area contributed by atoms with Gasteiger partial charge in [0.1, 0.15) is 0 Å². The lowest BCUT2D eigenvalue weighted by Gasteiger charge is -2.34. The van der Waals surface area contributed by atoms with Crippen LogP contribution in [0.1, 0.15) is 41.5 Å². The van der Waals surface area contributed by atoms with Gasteiger partial charge in [-0.25, -0.2) is 0 Å². The van der Waals surface area contributed by atoms with Crippen LogP contribution in [0.15, 0.2) is 206 Å². The normalized spacial score (nSPS) is 18.6. The monoisotopic (exact) mass is 714 g/mol. The summed E-state index contributed by atoms with van der Waals surface area (Å²) in [5, 5.41) is 7.08. The van der Waals surface area contributed by atoms with Crippen molar-refractivity contribution in [2.24, 2.45) is 0 Å². The van der Waals surface area contributed by atoms with Crippen LogP contribution < -0.4 is 26.5 Å². The molecule has 0 aromatic heterocycles. The second kappa shape index (κ2) is 13.7. The summed E-state index contributed by atoms with van der Waals surface area (Å²) in [6.07, 6.45) is 8.78. The van der Waals surface area contributed by atoms with Crippen molar-refractivity contribution in [1.82, 2.24) is 0 Å². The van der Waals surface area contributed by atoms with Crippen molar-refractivity contribution in [3.63, 3.8) is 0 Å². The zero-order chi connectivity index (χ0) is 35.2. The largest absolute Gasteiger partial charge is 0.0763 e. The molecule has 0 N–H and O–H groups in total. The van der Waals surface area contributed by atoms with Crippen molar-refractivity contribution in [2.75, 3.05) is 0 Å². The van der Waals surface area contributed by atoms with E-state index in [9.17, 15) is 0 Å². The van der Waals surface area contributed by atoms with Crippen molar-refractivity contribution in [2.45, 2.75) is 30.3 Å². The molecule has 7 aromatic carbocycles. The molecule has 1 atom stereocenters. The van der Waals surface area contributed by atoms with E-state index in [1.165, 1.54) is 77.5 Å².